The zero-order valence-corrected chi connectivity index (χ0v) is 14.4. The Kier molecular flexibility index (Phi) is 5.67. The molecule has 1 aliphatic heterocycles. The van der Waals surface area contributed by atoms with Gasteiger partial charge < -0.3 is 4.74 Å². The first-order valence-electron chi connectivity index (χ1n) is 8.47. The van der Waals surface area contributed by atoms with Gasteiger partial charge in [-0.25, -0.2) is 5.48 Å². The number of aryl methyl sites for hydroxylation is 1. The Hall–Kier alpha value is -2.58. The largest absolute Gasteiger partial charge is 0.573 e. The number of carbonyl (C=O) groups is 1. The van der Waals surface area contributed by atoms with E-state index in [9.17, 15) is 18.0 Å². The summed E-state index contributed by atoms with van der Waals surface area (Å²) in [6.45, 7) is 1.90. The van der Waals surface area contributed by atoms with Crippen LogP contribution < -0.4 is 10.2 Å². The highest BCUT2D eigenvalue weighted by molar-refractivity contribution is 5.93. The zero-order valence-electron chi connectivity index (χ0n) is 14.4. The molecule has 0 saturated carbocycles. The fourth-order valence-corrected chi connectivity index (χ4v) is 3.27. The molecule has 144 valence electrons. The molecule has 5 nitrogen and oxygen atoms in total. The van der Waals surface area contributed by atoms with Crippen molar-refractivity contribution < 1.29 is 27.9 Å². The molecule has 0 aliphatic carbocycles. The number of halogens is 3. The Labute approximate surface area is 154 Å². The summed E-state index contributed by atoms with van der Waals surface area (Å²) in [5, 5.41) is 8.76. The van der Waals surface area contributed by atoms with Crippen LogP contribution in [-0.2, 0) is 19.5 Å². The SMILES string of the molecule is O=C(NO)c1ccc2c(c1)CCCN(Cc1cccc(OC(F)(F)F)c1)C2. The molecule has 3 rings (SSSR count). The maximum Gasteiger partial charge on any atom is 0.573 e. The Morgan fingerprint density at radius 3 is 2.74 bits per heavy atom. The highest BCUT2D eigenvalue weighted by Gasteiger charge is 2.31. The number of nitrogens with zero attached hydrogens (tertiary/aromatic N) is 1. The fraction of sp³-hybridized carbons (Fsp3) is 0.316. The van der Waals surface area contributed by atoms with Crippen LogP contribution in [-0.4, -0.2) is 28.9 Å². The lowest BCUT2D eigenvalue weighted by Gasteiger charge is -2.21. The number of hydrogen-bond donors (Lipinski definition) is 2. The van der Waals surface area contributed by atoms with E-state index in [-0.39, 0.29) is 5.75 Å². The van der Waals surface area contributed by atoms with Gasteiger partial charge in [0.1, 0.15) is 5.75 Å². The van der Waals surface area contributed by atoms with Crippen LogP contribution in [0, 0.1) is 0 Å². The van der Waals surface area contributed by atoms with Gasteiger partial charge in [0, 0.05) is 18.7 Å². The minimum atomic E-state index is -4.71. The monoisotopic (exact) mass is 380 g/mol. The van der Waals surface area contributed by atoms with E-state index in [0.717, 1.165) is 36.1 Å². The lowest BCUT2D eigenvalue weighted by atomic mass is 10.0. The average molecular weight is 380 g/mol. The van der Waals surface area contributed by atoms with Crippen LogP contribution in [0.25, 0.3) is 0 Å². The van der Waals surface area contributed by atoms with Gasteiger partial charge in [-0.05, 0) is 60.3 Å². The normalized spacial score (nSPS) is 15.0. The number of amides is 1. The number of carbonyl (C=O) groups excluding carboxylic acids is 1. The van der Waals surface area contributed by atoms with Crippen LogP contribution in [0.2, 0.25) is 0 Å². The van der Waals surface area contributed by atoms with Crippen molar-refractivity contribution in [3.8, 4) is 5.75 Å². The van der Waals surface area contributed by atoms with E-state index >= 15 is 0 Å². The molecular weight excluding hydrogens is 361 g/mol. The van der Waals surface area contributed by atoms with Gasteiger partial charge >= 0.3 is 6.36 Å². The van der Waals surface area contributed by atoms with Crippen LogP contribution in [0.5, 0.6) is 5.75 Å². The van der Waals surface area contributed by atoms with Crippen LogP contribution in [0.1, 0.15) is 33.5 Å². The van der Waals surface area contributed by atoms with Gasteiger partial charge in [-0.2, -0.15) is 0 Å². The second kappa shape index (κ2) is 7.98. The molecule has 2 aromatic rings. The third-order valence-electron chi connectivity index (χ3n) is 4.42. The van der Waals surface area contributed by atoms with Gasteiger partial charge in [0.2, 0.25) is 0 Å². The second-order valence-electron chi connectivity index (χ2n) is 6.43. The van der Waals surface area contributed by atoms with E-state index in [1.54, 1.807) is 29.7 Å². The highest BCUT2D eigenvalue weighted by atomic mass is 19.4. The minimum absolute atomic E-state index is 0.227. The van der Waals surface area contributed by atoms with E-state index in [1.165, 1.54) is 12.1 Å². The Balaban J connectivity index is 1.72. The van der Waals surface area contributed by atoms with Crippen LogP contribution >= 0.6 is 0 Å². The zero-order chi connectivity index (χ0) is 19.4. The van der Waals surface area contributed by atoms with Crippen molar-refractivity contribution in [2.75, 3.05) is 6.54 Å². The van der Waals surface area contributed by atoms with Crippen molar-refractivity contribution in [2.24, 2.45) is 0 Å². The fourth-order valence-electron chi connectivity index (χ4n) is 3.27. The smallest absolute Gasteiger partial charge is 0.406 e. The first-order chi connectivity index (χ1) is 12.8. The molecule has 1 amide bonds. The van der Waals surface area contributed by atoms with Gasteiger partial charge in [-0.1, -0.05) is 18.2 Å². The Morgan fingerprint density at radius 2 is 2.00 bits per heavy atom. The molecule has 1 aliphatic rings. The summed E-state index contributed by atoms with van der Waals surface area (Å²) in [7, 11) is 0. The molecule has 2 aromatic carbocycles. The number of fused-ring (bicyclic) bond motifs is 1. The van der Waals surface area contributed by atoms with Crippen molar-refractivity contribution in [3.05, 3.63) is 64.7 Å². The molecule has 0 atom stereocenters. The average Bonchev–Trinajstić information content (AvgIpc) is 2.80. The van der Waals surface area contributed by atoms with E-state index in [1.807, 2.05) is 6.07 Å². The lowest BCUT2D eigenvalue weighted by Crippen LogP contribution is -2.23. The van der Waals surface area contributed by atoms with Crippen molar-refractivity contribution in [2.45, 2.75) is 32.3 Å². The molecule has 8 heteroatoms. The van der Waals surface area contributed by atoms with Crippen LogP contribution in [0.3, 0.4) is 0 Å². The van der Waals surface area contributed by atoms with Gasteiger partial charge in [-0.15, -0.1) is 13.2 Å². The first-order valence-corrected chi connectivity index (χ1v) is 8.47. The topological polar surface area (TPSA) is 61.8 Å². The quantitative estimate of drug-likeness (QED) is 0.628. The maximum atomic E-state index is 12.4. The molecule has 0 saturated heterocycles. The van der Waals surface area contributed by atoms with Crippen molar-refractivity contribution in [1.82, 2.24) is 10.4 Å². The van der Waals surface area contributed by atoms with Crippen molar-refractivity contribution in [3.63, 3.8) is 0 Å². The van der Waals surface area contributed by atoms with Crippen LogP contribution in [0.4, 0.5) is 13.2 Å². The van der Waals surface area contributed by atoms with E-state index in [2.05, 4.69) is 9.64 Å². The Morgan fingerprint density at radius 1 is 1.19 bits per heavy atom. The summed E-state index contributed by atoms with van der Waals surface area (Å²) in [4.78, 5) is 13.7. The summed E-state index contributed by atoms with van der Waals surface area (Å²) < 4.78 is 41.1. The van der Waals surface area contributed by atoms with Crippen LogP contribution in [0.15, 0.2) is 42.5 Å². The third-order valence-corrected chi connectivity index (χ3v) is 4.42. The van der Waals surface area contributed by atoms with Gasteiger partial charge in [-0.3, -0.25) is 14.9 Å². The molecule has 1 heterocycles. The number of alkyl halides is 3. The van der Waals surface area contributed by atoms with E-state index in [0.29, 0.717) is 18.7 Å². The summed E-state index contributed by atoms with van der Waals surface area (Å²) in [6.07, 6.45) is -3.07. The Bertz CT molecular complexity index is 824. The molecular formula is C19H19F3N2O3. The third kappa shape index (κ3) is 5.21. The molecule has 0 bridgehead atoms. The number of hydroxylamine groups is 1. The summed E-state index contributed by atoms with van der Waals surface area (Å²) in [5.74, 6) is -0.782. The van der Waals surface area contributed by atoms with Crippen molar-refractivity contribution >= 4 is 5.91 Å². The number of rotatable bonds is 4. The minimum Gasteiger partial charge on any atom is -0.406 e. The predicted molar refractivity (Wildman–Crippen MR) is 91.3 cm³/mol. The lowest BCUT2D eigenvalue weighted by molar-refractivity contribution is -0.274. The van der Waals surface area contributed by atoms with Gasteiger partial charge in [0.25, 0.3) is 5.91 Å². The number of ether oxygens (including phenoxy) is 1. The molecule has 2 N–H and O–H groups in total. The van der Waals surface area contributed by atoms with Gasteiger partial charge in [0.05, 0.1) is 0 Å². The second-order valence-corrected chi connectivity index (χ2v) is 6.43. The first kappa shape index (κ1) is 19.2. The molecule has 0 unspecified atom stereocenters. The van der Waals surface area contributed by atoms with Gasteiger partial charge in [0.15, 0.2) is 0 Å². The molecule has 0 spiro atoms. The molecule has 27 heavy (non-hydrogen) atoms. The maximum absolute atomic E-state index is 12.4. The number of benzene rings is 2. The predicted octanol–water partition coefficient (Wildman–Crippen LogP) is 3.65. The summed E-state index contributed by atoms with van der Waals surface area (Å²) in [6, 6.07) is 11.2. The van der Waals surface area contributed by atoms with Crippen molar-refractivity contribution in [1.29, 1.82) is 0 Å². The molecule has 0 aromatic heterocycles. The summed E-state index contributed by atoms with van der Waals surface area (Å²) >= 11 is 0. The number of nitrogens with one attached hydrogen (secondary N) is 1. The highest BCUT2D eigenvalue weighted by Crippen LogP contribution is 2.25. The standard InChI is InChI=1S/C19H19F3N2O3/c20-19(21,22)27-17-5-1-3-13(9-17)11-24-8-2-4-14-10-15(18(25)23-26)6-7-16(14)12-24/h1,3,5-7,9-10,26H,2,4,8,11-12H2,(H,23,25). The summed E-state index contributed by atoms with van der Waals surface area (Å²) in [5.41, 5.74) is 4.84. The van der Waals surface area contributed by atoms with E-state index in [4.69, 9.17) is 5.21 Å². The number of hydrogen-bond acceptors (Lipinski definition) is 4. The molecule has 0 radical (unpaired) electrons. The molecule has 0 fully saturated rings. The van der Waals surface area contributed by atoms with E-state index < -0.39 is 12.3 Å².